The molecule has 3 heterocycles. The van der Waals surface area contributed by atoms with Crippen LogP contribution in [0.25, 0.3) is 11.0 Å². The van der Waals surface area contributed by atoms with Gasteiger partial charge in [0.15, 0.2) is 17.3 Å². The number of fused-ring (bicyclic) bond motifs is 2. The minimum absolute atomic E-state index is 0.0338. The van der Waals surface area contributed by atoms with E-state index >= 15 is 0 Å². The summed E-state index contributed by atoms with van der Waals surface area (Å²) in [6, 6.07) is 15.5. The summed E-state index contributed by atoms with van der Waals surface area (Å²) in [5, 5.41) is 0.950. The lowest BCUT2D eigenvalue weighted by molar-refractivity contribution is 0.0705. The smallest absolute Gasteiger partial charge is 0.290 e. The van der Waals surface area contributed by atoms with Crippen LogP contribution < -0.4 is 9.47 Å². The Morgan fingerprint density at radius 2 is 1.85 bits per heavy atom. The van der Waals surface area contributed by atoms with Crippen LogP contribution in [-0.2, 0) is 0 Å². The van der Waals surface area contributed by atoms with Crippen LogP contribution in [0.15, 0.2) is 52.9 Å². The number of rotatable bonds is 2. The first kappa shape index (κ1) is 15.3. The van der Waals surface area contributed by atoms with Gasteiger partial charge in [-0.2, -0.15) is 0 Å². The van der Waals surface area contributed by atoms with Crippen LogP contribution in [-0.4, -0.2) is 30.6 Å². The SMILES string of the molecule is O=C(c1cc2ccccc2o1)N1CCC[C@H]1c1ccc2c(c1)OCCO2. The zero-order valence-electron chi connectivity index (χ0n) is 14.3. The normalized spacial score (nSPS) is 19.1. The van der Waals surface area contributed by atoms with Crippen molar-refractivity contribution in [2.75, 3.05) is 19.8 Å². The first-order valence-corrected chi connectivity index (χ1v) is 8.99. The van der Waals surface area contributed by atoms with E-state index in [1.165, 1.54) is 0 Å². The standard InChI is InChI=1S/C21H19NO4/c23-21(20-13-15-4-1-2-6-17(15)26-20)22-9-3-5-16(22)14-7-8-18-19(12-14)25-11-10-24-18/h1-2,4,6-8,12-13,16H,3,5,9-11H2/t16-/m0/s1. The number of nitrogens with zero attached hydrogens (tertiary/aromatic N) is 1. The largest absolute Gasteiger partial charge is 0.486 e. The third-order valence-corrected chi connectivity index (χ3v) is 5.10. The van der Waals surface area contributed by atoms with Gasteiger partial charge in [-0.1, -0.05) is 24.3 Å². The third kappa shape index (κ3) is 2.51. The van der Waals surface area contributed by atoms with Gasteiger partial charge in [0, 0.05) is 11.9 Å². The van der Waals surface area contributed by atoms with Gasteiger partial charge < -0.3 is 18.8 Å². The molecule has 2 aliphatic heterocycles. The predicted molar refractivity (Wildman–Crippen MR) is 96.7 cm³/mol. The Bertz CT molecular complexity index is 944. The maximum Gasteiger partial charge on any atom is 0.290 e. The van der Waals surface area contributed by atoms with Crippen LogP contribution in [0.3, 0.4) is 0 Å². The summed E-state index contributed by atoms with van der Waals surface area (Å²) in [5.41, 5.74) is 1.82. The number of ether oxygens (including phenoxy) is 2. The number of para-hydroxylation sites is 1. The minimum Gasteiger partial charge on any atom is -0.486 e. The third-order valence-electron chi connectivity index (χ3n) is 5.10. The van der Waals surface area contributed by atoms with Crippen molar-refractivity contribution in [3.8, 4) is 11.5 Å². The topological polar surface area (TPSA) is 51.9 Å². The lowest BCUT2D eigenvalue weighted by atomic mass is 10.0. The van der Waals surface area contributed by atoms with Gasteiger partial charge >= 0.3 is 0 Å². The van der Waals surface area contributed by atoms with Crippen LogP contribution in [0.4, 0.5) is 0 Å². The van der Waals surface area contributed by atoms with Gasteiger partial charge in [0.05, 0.1) is 6.04 Å². The van der Waals surface area contributed by atoms with E-state index in [9.17, 15) is 4.79 Å². The summed E-state index contributed by atoms with van der Waals surface area (Å²) in [6.07, 6.45) is 1.91. The molecule has 1 aromatic heterocycles. The van der Waals surface area contributed by atoms with E-state index < -0.39 is 0 Å². The van der Waals surface area contributed by atoms with Gasteiger partial charge in [-0.25, -0.2) is 0 Å². The van der Waals surface area contributed by atoms with Crippen LogP contribution >= 0.6 is 0 Å². The van der Waals surface area contributed by atoms with Crippen molar-refractivity contribution < 1.29 is 18.7 Å². The summed E-state index contributed by atoms with van der Waals surface area (Å²) in [6.45, 7) is 1.87. The summed E-state index contributed by atoms with van der Waals surface area (Å²) in [4.78, 5) is 15.0. The highest BCUT2D eigenvalue weighted by Gasteiger charge is 2.33. The molecule has 5 nitrogen and oxygen atoms in total. The van der Waals surface area contributed by atoms with Crippen molar-refractivity contribution >= 4 is 16.9 Å². The molecule has 2 aromatic carbocycles. The molecular weight excluding hydrogens is 330 g/mol. The summed E-state index contributed by atoms with van der Waals surface area (Å²) in [7, 11) is 0. The molecule has 132 valence electrons. The fraction of sp³-hybridized carbons (Fsp3) is 0.286. The second-order valence-corrected chi connectivity index (χ2v) is 6.71. The zero-order chi connectivity index (χ0) is 17.5. The van der Waals surface area contributed by atoms with E-state index in [2.05, 4.69) is 0 Å². The number of benzene rings is 2. The van der Waals surface area contributed by atoms with Crippen molar-refractivity contribution in [3.05, 3.63) is 59.9 Å². The van der Waals surface area contributed by atoms with Crippen molar-refractivity contribution in [3.63, 3.8) is 0 Å². The molecule has 5 heteroatoms. The number of carbonyl (C=O) groups is 1. The van der Waals surface area contributed by atoms with Gasteiger partial charge in [-0.3, -0.25) is 4.79 Å². The Labute approximate surface area is 151 Å². The molecule has 26 heavy (non-hydrogen) atoms. The molecule has 0 unspecified atom stereocenters. The van der Waals surface area contributed by atoms with E-state index in [1.807, 2.05) is 53.4 Å². The van der Waals surface area contributed by atoms with E-state index in [-0.39, 0.29) is 11.9 Å². The maximum atomic E-state index is 13.1. The number of amides is 1. The molecule has 0 N–H and O–H groups in total. The molecule has 1 amide bonds. The Morgan fingerprint density at radius 3 is 2.73 bits per heavy atom. The molecule has 5 rings (SSSR count). The number of furan rings is 1. The molecule has 0 radical (unpaired) electrons. The van der Waals surface area contributed by atoms with E-state index in [1.54, 1.807) is 0 Å². The highest BCUT2D eigenvalue weighted by molar-refractivity contribution is 5.96. The summed E-state index contributed by atoms with van der Waals surface area (Å²) in [5.74, 6) is 1.87. The van der Waals surface area contributed by atoms with Crippen molar-refractivity contribution in [2.24, 2.45) is 0 Å². The first-order valence-electron chi connectivity index (χ1n) is 8.99. The molecule has 2 aliphatic rings. The second kappa shape index (κ2) is 6.09. The zero-order valence-corrected chi connectivity index (χ0v) is 14.3. The molecule has 1 saturated heterocycles. The van der Waals surface area contributed by atoms with Gasteiger partial charge in [-0.05, 0) is 42.7 Å². The molecular formula is C21H19NO4. The lowest BCUT2D eigenvalue weighted by Crippen LogP contribution is -2.30. The fourth-order valence-electron chi connectivity index (χ4n) is 3.85. The Morgan fingerprint density at radius 1 is 1.00 bits per heavy atom. The number of hydrogen-bond donors (Lipinski definition) is 0. The second-order valence-electron chi connectivity index (χ2n) is 6.71. The minimum atomic E-state index is -0.0569. The number of hydrogen-bond acceptors (Lipinski definition) is 4. The van der Waals surface area contributed by atoms with E-state index in [0.717, 1.165) is 47.4 Å². The molecule has 1 fully saturated rings. The average molecular weight is 349 g/mol. The van der Waals surface area contributed by atoms with E-state index in [4.69, 9.17) is 13.9 Å². The van der Waals surface area contributed by atoms with Gasteiger partial charge in [0.25, 0.3) is 5.91 Å². The Hall–Kier alpha value is -2.95. The van der Waals surface area contributed by atoms with E-state index in [0.29, 0.717) is 19.0 Å². The van der Waals surface area contributed by atoms with Crippen LogP contribution in [0, 0.1) is 0 Å². The molecule has 0 saturated carbocycles. The van der Waals surface area contributed by atoms with Gasteiger partial charge in [0.2, 0.25) is 0 Å². The molecule has 3 aromatic rings. The highest BCUT2D eigenvalue weighted by Crippen LogP contribution is 2.39. The quantitative estimate of drug-likeness (QED) is 0.696. The first-order chi connectivity index (χ1) is 12.8. The molecule has 1 atom stereocenters. The number of likely N-dealkylation sites (tertiary alicyclic amines) is 1. The lowest BCUT2D eigenvalue weighted by Gasteiger charge is -2.26. The number of carbonyl (C=O) groups excluding carboxylic acids is 1. The van der Waals surface area contributed by atoms with Gasteiger partial charge in [0.1, 0.15) is 18.8 Å². The van der Waals surface area contributed by atoms with Crippen molar-refractivity contribution in [1.29, 1.82) is 0 Å². The average Bonchev–Trinajstić information content (AvgIpc) is 3.34. The highest BCUT2D eigenvalue weighted by atomic mass is 16.6. The predicted octanol–water partition coefficient (Wildman–Crippen LogP) is 4.18. The van der Waals surface area contributed by atoms with Crippen LogP contribution in [0.5, 0.6) is 11.5 Å². The van der Waals surface area contributed by atoms with Crippen molar-refractivity contribution in [2.45, 2.75) is 18.9 Å². The van der Waals surface area contributed by atoms with Crippen LogP contribution in [0.2, 0.25) is 0 Å². The Balaban J connectivity index is 1.45. The molecule has 0 aliphatic carbocycles. The monoisotopic (exact) mass is 349 g/mol. The Kier molecular flexibility index (Phi) is 3.59. The van der Waals surface area contributed by atoms with Gasteiger partial charge in [-0.15, -0.1) is 0 Å². The van der Waals surface area contributed by atoms with Crippen molar-refractivity contribution in [1.82, 2.24) is 4.90 Å². The summed E-state index contributed by atoms with van der Waals surface area (Å²) < 4.78 is 17.1. The molecule has 0 spiro atoms. The van der Waals surface area contributed by atoms with Crippen LogP contribution in [0.1, 0.15) is 35.0 Å². The fourth-order valence-corrected chi connectivity index (χ4v) is 3.85. The maximum absolute atomic E-state index is 13.1. The summed E-state index contributed by atoms with van der Waals surface area (Å²) >= 11 is 0. The molecule has 0 bridgehead atoms.